The van der Waals surface area contributed by atoms with Crippen LogP contribution in [0.5, 0.6) is 0 Å². The summed E-state index contributed by atoms with van der Waals surface area (Å²) < 4.78 is 51.8. The summed E-state index contributed by atoms with van der Waals surface area (Å²) in [5, 5.41) is 0. The number of nitrogens with two attached hydrogens (primary N) is 1. The molecule has 1 saturated carbocycles. The van der Waals surface area contributed by atoms with E-state index in [1.54, 1.807) is 0 Å². The molecule has 0 bridgehead atoms. The normalized spacial score (nSPS) is 21.1. The smallest absolute Gasteiger partial charge is 0.335 e. The predicted molar refractivity (Wildman–Crippen MR) is 66.9 cm³/mol. The van der Waals surface area contributed by atoms with Crippen molar-refractivity contribution in [2.45, 2.75) is 24.6 Å². The third-order valence-electron chi connectivity index (χ3n) is 4.18. The van der Waals surface area contributed by atoms with Crippen LogP contribution in [0.2, 0.25) is 0 Å². The van der Waals surface area contributed by atoms with Crippen LogP contribution in [0.4, 0.5) is 17.6 Å². The summed E-state index contributed by atoms with van der Waals surface area (Å²) in [6, 6.07) is 2.73. The summed E-state index contributed by atoms with van der Waals surface area (Å²) in [6.07, 6.45) is -2.80. The van der Waals surface area contributed by atoms with Crippen LogP contribution in [0.15, 0.2) is 18.2 Å². The molecule has 1 aliphatic carbocycles. The van der Waals surface area contributed by atoms with Crippen molar-refractivity contribution in [2.24, 2.45) is 11.7 Å². The van der Waals surface area contributed by atoms with Gasteiger partial charge in [0.25, 0.3) is 5.91 Å². The number of hydrogen-bond acceptors (Lipinski definition) is 2. The lowest BCUT2D eigenvalue weighted by Crippen LogP contribution is -2.69. The Morgan fingerprint density at radius 2 is 1.90 bits per heavy atom. The van der Waals surface area contributed by atoms with Crippen molar-refractivity contribution in [1.82, 2.24) is 4.90 Å². The van der Waals surface area contributed by atoms with Crippen molar-refractivity contribution in [3.05, 3.63) is 35.1 Å². The molecule has 3 rings (SSSR count). The van der Waals surface area contributed by atoms with Crippen LogP contribution in [0.1, 0.15) is 28.8 Å². The van der Waals surface area contributed by atoms with Crippen molar-refractivity contribution in [1.29, 1.82) is 0 Å². The van der Waals surface area contributed by atoms with Crippen molar-refractivity contribution in [2.75, 3.05) is 13.1 Å². The predicted octanol–water partition coefficient (Wildman–Crippen LogP) is 2.41. The first-order chi connectivity index (χ1) is 9.72. The Labute approximate surface area is 118 Å². The zero-order valence-electron chi connectivity index (χ0n) is 11.1. The van der Waals surface area contributed by atoms with E-state index in [9.17, 15) is 22.4 Å². The van der Waals surface area contributed by atoms with Gasteiger partial charge in [0, 0.05) is 13.1 Å². The van der Waals surface area contributed by atoms with E-state index < -0.39 is 34.6 Å². The summed E-state index contributed by atoms with van der Waals surface area (Å²) in [6.45, 7) is 0.540. The molecule has 2 N–H and O–H groups in total. The molecule has 1 aliphatic heterocycles. The number of hydrogen-bond donors (Lipinski definition) is 1. The first-order valence-corrected chi connectivity index (χ1v) is 6.66. The van der Waals surface area contributed by atoms with Gasteiger partial charge in [-0.15, -0.1) is 0 Å². The van der Waals surface area contributed by atoms with Crippen molar-refractivity contribution < 1.29 is 22.4 Å². The number of rotatable bonds is 2. The number of alkyl halides is 3. The highest BCUT2D eigenvalue weighted by Crippen LogP contribution is 2.43. The molecule has 1 amide bonds. The van der Waals surface area contributed by atoms with Crippen LogP contribution in [0.25, 0.3) is 0 Å². The van der Waals surface area contributed by atoms with E-state index in [0.29, 0.717) is 12.0 Å². The lowest BCUT2D eigenvalue weighted by atomic mass is 9.85. The number of nitrogens with zero attached hydrogens (tertiary/aromatic N) is 1. The molecule has 2 fully saturated rings. The Bertz CT molecular complexity index is 589. The highest BCUT2D eigenvalue weighted by atomic mass is 19.4. The van der Waals surface area contributed by atoms with Crippen molar-refractivity contribution in [3.63, 3.8) is 0 Å². The fourth-order valence-corrected chi connectivity index (χ4v) is 2.81. The van der Waals surface area contributed by atoms with E-state index in [0.717, 1.165) is 25.0 Å². The molecule has 1 heterocycles. The minimum atomic E-state index is -4.82. The lowest BCUT2D eigenvalue weighted by molar-refractivity contribution is -0.140. The topological polar surface area (TPSA) is 46.3 Å². The van der Waals surface area contributed by atoms with Gasteiger partial charge < -0.3 is 10.6 Å². The van der Waals surface area contributed by atoms with Gasteiger partial charge in [0.1, 0.15) is 5.82 Å². The van der Waals surface area contributed by atoms with Crippen LogP contribution in [0, 0.1) is 11.7 Å². The van der Waals surface area contributed by atoms with Gasteiger partial charge in [-0.2, -0.15) is 13.2 Å². The lowest BCUT2D eigenvalue weighted by Gasteiger charge is -2.48. The van der Waals surface area contributed by atoms with E-state index in [-0.39, 0.29) is 13.1 Å². The average Bonchev–Trinajstić information content (AvgIpc) is 3.17. The van der Waals surface area contributed by atoms with E-state index >= 15 is 0 Å². The largest absolute Gasteiger partial charge is 0.419 e. The second kappa shape index (κ2) is 4.43. The third-order valence-corrected chi connectivity index (χ3v) is 4.18. The maximum atomic E-state index is 13.9. The quantitative estimate of drug-likeness (QED) is 0.853. The van der Waals surface area contributed by atoms with Crippen molar-refractivity contribution >= 4 is 5.91 Å². The molecular weight excluding hydrogens is 288 g/mol. The van der Waals surface area contributed by atoms with Gasteiger partial charge in [0.2, 0.25) is 0 Å². The Morgan fingerprint density at radius 3 is 2.43 bits per heavy atom. The molecule has 1 saturated heterocycles. The molecule has 21 heavy (non-hydrogen) atoms. The van der Waals surface area contributed by atoms with Gasteiger partial charge in [0.05, 0.1) is 16.7 Å². The molecule has 0 radical (unpaired) electrons. The van der Waals surface area contributed by atoms with Gasteiger partial charge in [-0.3, -0.25) is 4.79 Å². The SMILES string of the molecule is NC1(C2CC2)CN(C(=O)c2cccc(C(F)(F)F)c2F)C1. The molecule has 2 aliphatic rings. The second-order valence-corrected chi connectivity index (χ2v) is 5.83. The van der Waals surface area contributed by atoms with Crippen LogP contribution < -0.4 is 5.73 Å². The summed E-state index contributed by atoms with van der Waals surface area (Å²) in [5.41, 5.74) is 3.66. The Hall–Kier alpha value is -1.63. The highest BCUT2D eigenvalue weighted by molar-refractivity contribution is 5.95. The van der Waals surface area contributed by atoms with Crippen LogP contribution >= 0.6 is 0 Å². The molecule has 0 spiro atoms. The first kappa shape index (κ1) is 14.3. The zero-order valence-corrected chi connectivity index (χ0v) is 11.1. The number of carbonyl (C=O) groups excluding carboxylic acids is 1. The fourth-order valence-electron chi connectivity index (χ4n) is 2.81. The van der Waals surface area contributed by atoms with E-state index in [1.807, 2.05) is 0 Å². The van der Waals surface area contributed by atoms with Gasteiger partial charge >= 0.3 is 6.18 Å². The third kappa shape index (κ3) is 2.39. The van der Waals surface area contributed by atoms with Crippen LogP contribution in [0.3, 0.4) is 0 Å². The first-order valence-electron chi connectivity index (χ1n) is 6.66. The number of likely N-dealkylation sites (tertiary alicyclic amines) is 1. The molecular formula is C14H14F4N2O. The summed E-state index contributed by atoms with van der Waals surface area (Å²) >= 11 is 0. The fraction of sp³-hybridized carbons (Fsp3) is 0.500. The van der Waals surface area contributed by atoms with Crippen molar-refractivity contribution in [3.8, 4) is 0 Å². The molecule has 114 valence electrons. The van der Waals surface area contributed by atoms with Gasteiger partial charge in [-0.1, -0.05) is 6.07 Å². The summed E-state index contributed by atoms with van der Waals surface area (Å²) in [5.74, 6) is -1.89. The standard InChI is InChI=1S/C14H14F4N2O/c15-11-9(2-1-3-10(11)14(16,17)18)12(21)20-6-13(19,7-20)8-4-5-8/h1-3,8H,4-7,19H2. The Morgan fingerprint density at radius 1 is 1.29 bits per heavy atom. The Balaban J connectivity index is 1.80. The Kier molecular flexibility index (Phi) is 3.02. The summed E-state index contributed by atoms with van der Waals surface area (Å²) in [7, 11) is 0. The van der Waals surface area contributed by atoms with Crippen LogP contribution in [-0.4, -0.2) is 29.4 Å². The van der Waals surface area contributed by atoms with Crippen LogP contribution in [-0.2, 0) is 6.18 Å². The molecule has 7 heteroatoms. The van der Waals surface area contributed by atoms with Gasteiger partial charge in [-0.05, 0) is 30.9 Å². The maximum absolute atomic E-state index is 13.9. The maximum Gasteiger partial charge on any atom is 0.419 e. The highest BCUT2D eigenvalue weighted by Gasteiger charge is 2.52. The number of carbonyl (C=O) groups is 1. The summed E-state index contributed by atoms with van der Waals surface area (Å²) in [4.78, 5) is 13.4. The molecule has 0 atom stereocenters. The molecule has 3 nitrogen and oxygen atoms in total. The number of benzene rings is 1. The molecule has 0 unspecified atom stereocenters. The second-order valence-electron chi connectivity index (χ2n) is 5.83. The average molecular weight is 302 g/mol. The zero-order chi connectivity index (χ0) is 15.4. The minimum Gasteiger partial charge on any atom is -0.335 e. The molecule has 1 aromatic rings. The van der Waals surface area contributed by atoms with E-state index in [4.69, 9.17) is 5.73 Å². The monoisotopic (exact) mass is 302 g/mol. The number of amides is 1. The van der Waals surface area contributed by atoms with E-state index in [1.165, 1.54) is 4.90 Å². The molecule has 0 aromatic heterocycles. The van der Waals surface area contributed by atoms with E-state index in [2.05, 4.69) is 0 Å². The van der Waals surface area contributed by atoms with Gasteiger partial charge in [0.15, 0.2) is 0 Å². The minimum absolute atomic E-state index is 0.270. The van der Waals surface area contributed by atoms with Gasteiger partial charge in [-0.25, -0.2) is 4.39 Å². The number of halogens is 4. The molecule has 1 aromatic carbocycles.